The Morgan fingerprint density at radius 3 is 2.50 bits per heavy atom. The van der Waals surface area contributed by atoms with Crippen molar-refractivity contribution in [2.75, 3.05) is 57.4 Å². The lowest BCUT2D eigenvalue weighted by Gasteiger charge is -2.29. The van der Waals surface area contributed by atoms with Gasteiger partial charge in [-0.15, -0.1) is 0 Å². The van der Waals surface area contributed by atoms with Crippen molar-refractivity contribution in [1.82, 2.24) is 0 Å². The number of aliphatic hydroxyl groups is 1. The summed E-state index contributed by atoms with van der Waals surface area (Å²) in [6, 6.07) is 12.3. The number of nitrogens with one attached hydrogen (secondary N) is 2. The summed E-state index contributed by atoms with van der Waals surface area (Å²) in [5, 5.41) is 10.3. The number of aromatic nitrogens is 1. The van der Waals surface area contributed by atoms with Crippen molar-refractivity contribution in [2.45, 2.75) is 20.0 Å². The Labute approximate surface area is 167 Å². The van der Waals surface area contributed by atoms with Gasteiger partial charge in [0.2, 0.25) is 0 Å². The summed E-state index contributed by atoms with van der Waals surface area (Å²) in [4.78, 5) is 7.07. The number of aryl methyl sites for hydroxylation is 2. The number of aliphatic hydroxyl groups excluding tert-OH is 1. The molecule has 1 atom stereocenters. The lowest BCUT2D eigenvalue weighted by molar-refractivity contribution is -0.903. The number of ether oxygens (including phenoxy) is 2. The average molecular weight is 388 g/mol. The van der Waals surface area contributed by atoms with E-state index in [4.69, 9.17) is 9.47 Å². The smallest absolute Gasteiger partial charge is 0.274 e. The van der Waals surface area contributed by atoms with Gasteiger partial charge in [0.15, 0.2) is 0 Å². The van der Waals surface area contributed by atoms with Crippen molar-refractivity contribution in [1.29, 1.82) is 0 Å². The topological polar surface area (TPSA) is 60.5 Å². The van der Waals surface area contributed by atoms with Gasteiger partial charge in [-0.05, 0) is 31.0 Å². The number of H-pyrrole nitrogens is 1. The summed E-state index contributed by atoms with van der Waals surface area (Å²) in [5.74, 6) is 2.10. The largest absolute Gasteiger partial charge is 0.491 e. The number of hydrogen-bond acceptors (Lipinski definition) is 4. The third-order valence-electron chi connectivity index (χ3n) is 5.22. The van der Waals surface area contributed by atoms with Gasteiger partial charge in [0, 0.05) is 6.07 Å². The summed E-state index contributed by atoms with van der Waals surface area (Å²) >= 11 is 0. The third-order valence-corrected chi connectivity index (χ3v) is 5.22. The van der Waals surface area contributed by atoms with Crippen LogP contribution in [0.3, 0.4) is 0 Å². The maximum absolute atomic E-state index is 10.3. The molecule has 152 valence electrons. The van der Waals surface area contributed by atoms with Gasteiger partial charge in [-0.3, -0.25) is 4.90 Å². The summed E-state index contributed by atoms with van der Waals surface area (Å²) in [7, 11) is 0. The molecule has 0 unspecified atom stereocenters. The molecule has 0 saturated carbocycles. The fraction of sp³-hybridized carbons (Fsp3) is 0.500. The first kappa shape index (κ1) is 20.6. The molecule has 3 rings (SSSR count). The Bertz CT molecular complexity index is 698. The van der Waals surface area contributed by atoms with E-state index in [1.165, 1.54) is 4.90 Å². The molecule has 28 heavy (non-hydrogen) atoms. The highest BCUT2D eigenvalue weighted by Crippen LogP contribution is 2.21. The van der Waals surface area contributed by atoms with Crippen LogP contribution >= 0.6 is 0 Å². The molecule has 0 aliphatic carbocycles. The van der Waals surface area contributed by atoms with Gasteiger partial charge < -0.3 is 19.5 Å². The normalized spacial score (nSPS) is 16.2. The summed E-state index contributed by atoms with van der Waals surface area (Å²) in [6.45, 7) is 10.2. The monoisotopic (exact) mass is 387 g/mol. The number of pyridine rings is 1. The number of aromatic amines is 1. The van der Waals surface area contributed by atoms with Crippen LogP contribution in [0, 0.1) is 13.8 Å². The summed E-state index contributed by atoms with van der Waals surface area (Å²) < 4.78 is 11.5. The third kappa shape index (κ3) is 5.92. The van der Waals surface area contributed by atoms with Gasteiger partial charge in [-0.2, -0.15) is 0 Å². The number of benzene rings is 1. The van der Waals surface area contributed by atoms with E-state index < -0.39 is 6.10 Å². The van der Waals surface area contributed by atoms with E-state index in [9.17, 15) is 5.11 Å². The van der Waals surface area contributed by atoms with Crippen LogP contribution in [0.5, 0.6) is 5.75 Å². The minimum absolute atomic E-state index is 0.357. The zero-order chi connectivity index (χ0) is 19.8. The predicted molar refractivity (Wildman–Crippen MR) is 109 cm³/mol. The first-order valence-corrected chi connectivity index (χ1v) is 10.1. The molecule has 1 aromatic carbocycles. The second-order valence-electron chi connectivity index (χ2n) is 7.49. The van der Waals surface area contributed by atoms with Gasteiger partial charge in [-0.25, -0.2) is 4.98 Å². The number of quaternary nitrogens is 1. The Kier molecular flexibility index (Phi) is 7.65. The van der Waals surface area contributed by atoms with Crippen LogP contribution in [0.25, 0.3) is 0 Å². The van der Waals surface area contributed by atoms with Crippen LogP contribution in [0.2, 0.25) is 0 Å². The van der Waals surface area contributed by atoms with Crippen molar-refractivity contribution in [3.63, 3.8) is 0 Å². The van der Waals surface area contributed by atoms with Gasteiger partial charge >= 0.3 is 0 Å². The quantitative estimate of drug-likeness (QED) is 0.607. The van der Waals surface area contributed by atoms with Crippen LogP contribution in [0.15, 0.2) is 42.6 Å². The standard InChI is InChI=1S/C22H31N3O3/c1-18-6-5-7-19(2)22(18)28-15-14-27-17-20(26)16-24-10-12-25(13-11-24)21-8-3-4-9-23-21/h3-9,20,26H,10-17H2,1-2H3/p+2/t20-/m0/s1. The van der Waals surface area contributed by atoms with Crippen LogP contribution < -0.4 is 19.5 Å². The molecule has 1 aliphatic rings. The lowest BCUT2D eigenvalue weighted by atomic mass is 10.1. The van der Waals surface area contributed by atoms with Crippen molar-refractivity contribution < 1.29 is 24.5 Å². The Morgan fingerprint density at radius 2 is 1.82 bits per heavy atom. The van der Waals surface area contributed by atoms with Crippen LogP contribution in [0.4, 0.5) is 5.82 Å². The second kappa shape index (κ2) is 10.4. The molecule has 1 aliphatic heterocycles. The fourth-order valence-corrected chi connectivity index (χ4v) is 3.69. The molecule has 1 aromatic heterocycles. The van der Waals surface area contributed by atoms with E-state index in [0.29, 0.717) is 19.8 Å². The van der Waals surface area contributed by atoms with Crippen molar-refractivity contribution >= 4 is 5.82 Å². The van der Waals surface area contributed by atoms with Gasteiger partial charge in [0.25, 0.3) is 5.82 Å². The maximum atomic E-state index is 10.3. The fourth-order valence-electron chi connectivity index (χ4n) is 3.69. The molecule has 0 bridgehead atoms. The van der Waals surface area contributed by atoms with E-state index in [0.717, 1.165) is 55.4 Å². The van der Waals surface area contributed by atoms with E-state index in [-0.39, 0.29) is 0 Å². The Balaban J connectivity index is 1.29. The summed E-state index contributed by atoms with van der Waals surface area (Å²) in [6.07, 6.45) is 1.52. The Hall–Kier alpha value is -2.15. The molecule has 0 spiro atoms. The highest BCUT2D eigenvalue weighted by Gasteiger charge is 2.27. The Morgan fingerprint density at radius 1 is 1.07 bits per heavy atom. The number of para-hydroxylation sites is 1. The van der Waals surface area contributed by atoms with Gasteiger partial charge in [-0.1, -0.05) is 24.3 Å². The van der Waals surface area contributed by atoms with Crippen molar-refractivity contribution in [2.24, 2.45) is 0 Å². The van der Waals surface area contributed by atoms with Crippen LogP contribution in [0.1, 0.15) is 11.1 Å². The van der Waals surface area contributed by atoms with E-state index in [1.54, 1.807) is 0 Å². The molecule has 0 amide bonds. The first-order chi connectivity index (χ1) is 13.6. The van der Waals surface area contributed by atoms with E-state index in [2.05, 4.69) is 22.0 Å². The highest BCUT2D eigenvalue weighted by molar-refractivity contribution is 5.39. The summed E-state index contributed by atoms with van der Waals surface area (Å²) in [5.41, 5.74) is 2.27. The lowest BCUT2D eigenvalue weighted by Crippen LogP contribution is -3.16. The molecule has 6 heteroatoms. The SMILES string of the molecule is Cc1cccc(C)c1OCCOC[C@@H](O)C[NH+]1CCN(c2cccc[nH+]2)CC1. The van der Waals surface area contributed by atoms with E-state index in [1.807, 2.05) is 44.3 Å². The number of hydrogen-bond donors (Lipinski definition) is 2. The van der Waals surface area contributed by atoms with Crippen molar-refractivity contribution in [3.05, 3.63) is 53.7 Å². The first-order valence-electron chi connectivity index (χ1n) is 10.1. The minimum atomic E-state index is -0.440. The van der Waals surface area contributed by atoms with Gasteiger partial charge in [0.1, 0.15) is 51.2 Å². The number of rotatable bonds is 9. The number of piperazine rings is 1. The van der Waals surface area contributed by atoms with Gasteiger partial charge in [0.05, 0.1) is 19.4 Å². The minimum Gasteiger partial charge on any atom is -0.491 e. The zero-order valence-electron chi connectivity index (χ0n) is 17.0. The molecule has 1 fully saturated rings. The average Bonchev–Trinajstić information content (AvgIpc) is 2.71. The zero-order valence-corrected chi connectivity index (χ0v) is 17.0. The number of anilines is 1. The maximum Gasteiger partial charge on any atom is 0.274 e. The molecule has 1 saturated heterocycles. The van der Waals surface area contributed by atoms with Crippen LogP contribution in [-0.2, 0) is 4.74 Å². The van der Waals surface area contributed by atoms with E-state index >= 15 is 0 Å². The molecule has 3 N–H and O–H groups in total. The molecule has 0 radical (unpaired) electrons. The number of nitrogens with zero attached hydrogens (tertiary/aromatic N) is 1. The molecular weight excluding hydrogens is 354 g/mol. The molecular formula is C22H33N3O3+2. The second-order valence-corrected chi connectivity index (χ2v) is 7.49. The molecule has 6 nitrogen and oxygen atoms in total. The van der Waals surface area contributed by atoms with Crippen LogP contribution in [-0.4, -0.2) is 63.8 Å². The van der Waals surface area contributed by atoms with Crippen molar-refractivity contribution in [3.8, 4) is 5.75 Å². The highest BCUT2D eigenvalue weighted by atomic mass is 16.5. The molecule has 2 aromatic rings. The molecule has 2 heterocycles. The predicted octanol–water partition coefficient (Wildman–Crippen LogP) is 0.279.